The summed E-state index contributed by atoms with van der Waals surface area (Å²) < 4.78 is 5.22. The van der Waals surface area contributed by atoms with Crippen molar-refractivity contribution in [2.24, 2.45) is 0 Å². The number of nitrogens with one attached hydrogen (secondary N) is 3. The maximum Gasteiger partial charge on any atom is 0.238 e. The smallest absolute Gasteiger partial charge is 0.238 e. The molecule has 1 aliphatic rings. The van der Waals surface area contributed by atoms with Gasteiger partial charge >= 0.3 is 0 Å². The molecule has 1 aliphatic heterocycles. The Labute approximate surface area is 160 Å². The van der Waals surface area contributed by atoms with Crippen LogP contribution in [0.1, 0.15) is 29.6 Å². The van der Waals surface area contributed by atoms with Crippen LogP contribution in [-0.4, -0.2) is 44.6 Å². The molecule has 3 rings (SSSR count). The van der Waals surface area contributed by atoms with Crippen LogP contribution >= 0.6 is 0 Å². The van der Waals surface area contributed by atoms with E-state index in [1.807, 2.05) is 56.6 Å². The SMILES string of the molecule is COc1ccc(C(CNC(=O)C2CC(c3ccccc3)NN2)N(C)C)cc1. The minimum absolute atomic E-state index is 0.0151. The Morgan fingerprint density at radius 3 is 2.48 bits per heavy atom. The van der Waals surface area contributed by atoms with Crippen LogP contribution in [0.5, 0.6) is 5.75 Å². The normalized spacial score (nSPS) is 20.4. The molecule has 3 unspecified atom stereocenters. The second-order valence-electron chi connectivity index (χ2n) is 7.04. The van der Waals surface area contributed by atoms with Gasteiger partial charge in [0.2, 0.25) is 5.91 Å². The van der Waals surface area contributed by atoms with Gasteiger partial charge in [-0.3, -0.25) is 4.79 Å². The number of carbonyl (C=O) groups excluding carboxylic acids is 1. The van der Waals surface area contributed by atoms with Crippen molar-refractivity contribution >= 4 is 5.91 Å². The zero-order chi connectivity index (χ0) is 19.2. The van der Waals surface area contributed by atoms with Crippen LogP contribution in [-0.2, 0) is 4.79 Å². The van der Waals surface area contributed by atoms with Gasteiger partial charge in [0, 0.05) is 12.6 Å². The first kappa shape index (κ1) is 19.4. The highest BCUT2D eigenvalue weighted by Crippen LogP contribution is 2.23. The summed E-state index contributed by atoms with van der Waals surface area (Å²) in [5, 5.41) is 3.09. The van der Waals surface area contributed by atoms with Crippen molar-refractivity contribution in [2.75, 3.05) is 27.7 Å². The van der Waals surface area contributed by atoms with E-state index in [-0.39, 0.29) is 24.0 Å². The number of amides is 1. The topological polar surface area (TPSA) is 65.6 Å². The highest BCUT2D eigenvalue weighted by Gasteiger charge is 2.30. The number of likely N-dealkylation sites (N-methyl/N-ethyl adjacent to an activating group) is 1. The molecule has 144 valence electrons. The lowest BCUT2D eigenvalue weighted by Gasteiger charge is -2.26. The maximum absolute atomic E-state index is 12.6. The number of hydrazine groups is 1. The van der Waals surface area contributed by atoms with Gasteiger partial charge in [-0.25, -0.2) is 10.9 Å². The molecule has 6 nitrogen and oxygen atoms in total. The molecule has 1 amide bonds. The Morgan fingerprint density at radius 2 is 1.85 bits per heavy atom. The molecule has 1 saturated heterocycles. The quantitative estimate of drug-likeness (QED) is 0.698. The van der Waals surface area contributed by atoms with E-state index in [9.17, 15) is 4.79 Å². The van der Waals surface area contributed by atoms with Gasteiger partial charge < -0.3 is 15.0 Å². The second kappa shape index (κ2) is 8.99. The van der Waals surface area contributed by atoms with Gasteiger partial charge in [-0.1, -0.05) is 42.5 Å². The third kappa shape index (κ3) is 4.86. The number of nitrogens with zero attached hydrogens (tertiary/aromatic N) is 1. The highest BCUT2D eigenvalue weighted by molar-refractivity contribution is 5.82. The number of hydrogen-bond acceptors (Lipinski definition) is 5. The highest BCUT2D eigenvalue weighted by atomic mass is 16.5. The number of benzene rings is 2. The lowest BCUT2D eigenvalue weighted by molar-refractivity contribution is -0.123. The van der Waals surface area contributed by atoms with E-state index in [0.717, 1.165) is 17.7 Å². The first-order valence-corrected chi connectivity index (χ1v) is 9.22. The van der Waals surface area contributed by atoms with Crippen LogP contribution < -0.4 is 20.9 Å². The fourth-order valence-electron chi connectivity index (χ4n) is 3.38. The molecule has 0 radical (unpaired) electrons. The summed E-state index contributed by atoms with van der Waals surface area (Å²) in [7, 11) is 5.69. The minimum atomic E-state index is -0.242. The lowest BCUT2D eigenvalue weighted by atomic mass is 10.0. The summed E-state index contributed by atoms with van der Waals surface area (Å²) in [6, 6.07) is 18.1. The lowest BCUT2D eigenvalue weighted by Crippen LogP contribution is -2.45. The molecule has 27 heavy (non-hydrogen) atoms. The fourth-order valence-corrected chi connectivity index (χ4v) is 3.38. The second-order valence-corrected chi connectivity index (χ2v) is 7.04. The number of ether oxygens (including phenoxy) is 1. The van der Waals surface area contributed by atoms with Crippen molar-refractivity contribution < 1.29 is 9.53 Å². The van der Waals surface area contributed by atoms with Crippen molar-refractivity contribution in [1.82, 2.24) is 21.1 Å². The third-order valence-electron chi connectivity index (χ3n) is 5.02. The zero-order valence-corrected chi connectivity index (χ0v) is 16.1. The first-order chi connectivity index (χ1) is 13.1. The van der Waals surface area contributed by atoms with Crippen LogP contribution in [0, 0.1) is 0 Å². The monoisotopic (exact) mass is 368 g/mol. The molecule has 0 spiro atoms. The van der Waals surface area contributed by atoms with E-state index in [2.05, 4.69) is 33.2 Å². The molecular weight excluding hydrogens is 340 g/mol. The molecule has 0 aromatic heterocycles. The standard InChI is InChI=1S/C21H28N4O2/c1-25(2)20(16-9-11-17(27-3)12-10-16)14-22-21(26)19-13-18(23-24-19)15-7-5-4-6-8-15/h4-12,18-20,23-24H,13-14H2,1-3H3,(H,22,26). The Morgan fingerprint density at radius 1 is 1.15 bits per heavy atom. The van der Waals surface area contributed by atoms with E-state index in [4.69, 9.17) is 4.74 Å². The molecule has 6 heteroatoms. The summed E-state index contributed by atoms with van der Waals surface area (Å²) in [5.41, 5.74) is 8.67. The van der Waals surface area contributed by atoms with Gasteiger partial charge in [-0.05, 0) is 43.8 Å². The molecule has 2 aromatic carbocycles. The van der Waals surface area contributed by atoms with Crippen LogP contribution in [0.15, 0.2) is 54.6 Å². The van der Waals surface area contributed by atoms with Gasteiger partial charge in [-0.2, -0.15) is 0 Å². The first-order valence-electron chi connectivity index (χ1n) is 9.22. The molecule has 3 atom stereocenters. The molecule has 0 saturated carbocycles. The van der Waals surface area contributed by atoms with Crippen molar-refractivity contribution in [2.45, 2.75) is 24.5 Å². The van der Waals surface area contributed by atoms with Crippen LogP contribution in [0.2, 0.25) is 0 Å². The zero-order valence-electron chi connectivity index (χ0n) is 16.1. The Balaban J connectivity index is 1.56. The van der Waals surface area contributed by atoms with Gasteiger partial charge in [0.1, 0.15) is 11.8 Å². The molecule has 0 bridgehead atoms. The maximum atomic E-state index is 12.6. The van der Waals surface area contributed by atoms with E-state index in [0.29, 0.717) is 6.54 Å². The van der Waals surface area contributed by atoms with Crippen LogP contribution in [0.25, 0.3) is 0 Å². The van der Waals surface area contributed by atoms with Gasteiger partial charge in [0.15, 0.2) is 0 Å². The summed E-state index contributed by atoms with van der Waals surface area (Å²) in [6.45, 7) is 0.548. The van der Waals surface area contributed by atoms with Crippen molar-refractivity contribution in [1.29, 1.82) is 0 Å². The average Bonchev–Trinajstić information content (AvgIpc) is 3.19. The van der Waals surface area contributed by atoms with E-state index >= 15 is 0 Å². The van der Waals surface area contributed by atoms with Gasteiger partial charge in [-0.15, -0.1) is 0 Å². The molecule has 1 heterocycles. The number of carbonyl (C=O) groups is 1. The molecule has 2 aromatic rings. The average molecular weight is 368 g/mol. The predicted octanol–water partition coefficient (Wildman–Crippen LogP) is 2.02. The van der Waals surface area contributed by atoms with Crippen molar-refractivity contribution in [3.8, 4) is 5.75 Å². The summed E-state index contributed by atoms with van der Waals surface area (Å²) in [6.07, 6.45) is 0.727. The summed E-state index contributed by atoms with van der Waals surface area (Å²) in [5.74, 6) is 0.842. The number of rotatable bonds is 7. The van der Waals surface area contributed by atoms with E-state index < -0.39 is 0 Å². The number of methoxy groups -OCH3 is 1. The predicted molar refractivity (Wildman–Crippen MR) is 106 cm³/mol. The Bertz CT molecular complexity index is 734. The van der Waals surface area contributed by atoms with Crippen LogP contribution in [0.4, 0.5) is 0 Å². The minimum Gasteiger partial charge on any atom is -0.497 e. The third-order valence-corrected chi connectivity index (χ3v) is 5.02. The molecule has 3 N–H and O–H groups in total. The Kier molecular flexibility index (Phi) is 6.45. The fraction of sp³-hybridized carbons (Fsp3) is 0.381. The molecule has 0 aliphatic carbocycles. The van der Waals surface area contributed by atoms with Crippen molar-refractivity contribution in [3.05, 3.63) is 65.7 Å². The van der Waals surface area contributed by atoms with E-state index in [1.165, 1.54) is 5.56 Å². The van der Waals surface area contributed by atoms with Gasteiger partial charge in [0.25, 0.3) is 0 Å². The summed E-state index contributed by atoms with van der Waals surface area (Å²) in [4.78, 5) is 14.7. The Hall–Kier alpha value is -2.41. The van der Waals surface area contributed by atoms with Crippen molar-refractivity contribution in [3.63, 3.8) is 0 Å². The van der Waals surface area contributed by atoms with Crippen LogP contribution in [0.3, 0.4) is 0 Å². The molecular formula is C21H28N4O2. The van der Waals surface area contributed by atoms with E-state index in [1.54, 1.807) is 7.11 Å². The largest absolute Gasteiger partial charge is 0.497 e. The molecule has 1 fully saturated rings. The number of hydrogen-bond donors (Lipinski definition) is 3. The summed E-state index contributed by atoms with van der Waals surface area (Å²) >= 11 is 0. The van der Waals surface area contributed by atoms with Gasteiger partial charge in [0.05, 0.1) is 13.2 Å².